The number of hydrogen-bond acceptors (Lipinski definition) is 5. The van der Waals surface area contributed by atoms with E-state index in [9.17, 15) is 4.79 Å². The average molecular weight is 331 g/mol. The van der Waals surface area contributed by atoms with Gasteiger partial charge in [0.25, 0.3) is 5.91 Å². The average Bonchev–Trinajstić information content (AvgIpc) is 2.95. The van der Waals surface area contributed by atoms with Gasteiger partial charge in [-0.1, -0.05) is 17.3 Å². The lowest BCUT2D eigenvalue weighted by molar-refractivity contribution is 0.0953. The summed E-state index contributed by atoms with van der Waals surface area (Å²) in [5, 5.41) is 11.6. The van der Waals surface area contributed by atoms with Crippen LogP contribution in [0.2, 0.25) is 0 Å². The van der Waals surface area contributed by atoms with Crippen molar-refractivity contribution in [2.24, 2.45) is 0 Å². The monoisotopic (exact) mass is 331 g/mol. The SMILES string of the molecule is Cc1nnsc1C(=O)NCc1cc(C2CC2)n(C2CCCC2)n1. The van der Waals surface area contributed by atoms with Gasteiger partial charge < -0.3 is 5.32 Å². The van der Waals surface area contributed by atoms with Gasteiger partial charge in [0, 0.05) is 11.6 Å². The lowest BCUT2D eigenvalue weighted by Crippen LogP contribution is -2.23. The molecule has 4 rings (SSSR count). The first-order valence-corrected chi connectivity index (χ1v) is 9.15. The van der Waals surface area contributed by atoms with E-state index >= 15 is 0 Å². The molecule has 0 atom stereocenters. The zero-order valence-electron chi connectivity index (χ0n) is 13.3. The van der Waals surface area contributed by atoms with Crippen molar-refractivity contribution in [3.8, 4) is 0 Å². The molecule has 7 heteroatoms. The fourth-order valence-electron chi connectivity index (χ4n) is 3.36. The molecule has 0 bridgehead atoms. The van der Waals surface area contributed by atoms with Crippen molar-refractivity contribution in [1.29, 1.82) is 0 Å². The van der Waals surface area contributed by atoms with Crippen molar-refractivity contribution in [3.05, 3.63) is 28.0 Å². The van der Waals surface area contributed by atoms with Gasteiger partial charge in [0.05, 0.1) is 24.0 Å². The highest BCUT2D eigenvalue weighted by molar-refractivity contribution is 7.07. The second-order valence-corrected chi connectivity index (χ2v) is 7.34. The Labute approximate surface area is 139 Å². The van der Waals surface area contributed by atoms with Crippen molar-refractivity contribution in [2.45, 2.75) is 64.0 Å². The zero-order chi connectivity index (χ0) is 15.8. The number of hydrogen-bond donors (Lipinski definition) is 1. The Kier molecular flexibility index (Phi) is 3.88. The molecule has 6 nitrogen and oxygen atoms in total. The van der Waals surface area contributed by atoms with Crippen LogP contribution in [0.15, 0.2) is 6.07 Å². The largest absolute Gasteiger partial charge is 0.346 e. The predicted octanol–water partition coefficient (Wildman–Crippen LogP) is 2.97. The third kappa shape index (κ3) is 3.02. The van der Waals surface area contributed by atoms with Crippen LogP contribution in [0, 0.1) is 6.92 Å². The van der Waals surface area contributed by atoms with Crippen LogP contribution in [-0.4, -0.2) is 25.3 Å². The fourth-order valence-corrected chi connectivity index (χ4v) is 3.94. The Morgan fingerprint density at radius 1 is 1.35 bits per heavy atom. The standard InChI is InChI=1S/C16H21N5OS/c1-10-15(23-20-18-10)16(22)17-9-12-8-14(11-6-7-11)21(19-12)13-4-2-3-5-13/h8,11,13H,2-7,9H2,1H3,(H,17,22). The molecule has 0 saturated heterocycles. The van der Waals surface area contributed by atoms with Crippen LogP contribution >= 0.6 is 11.5 Å². The quantitative estimate of drug-likeness (QED) is 0.914. The summed E-state index contributed by atoms with van der Waals surface area (Å²) < 4.78 is 6.07. The number of amides is 1. The number of aryl methyl sites for hydroxylation is 1. The van der Waals surface area contributed by atoms with Gasteiger partial charge in [-0.2, -0.15) is 5.10 Å². The summed E-state index contributed by atoms with van der Waals surface area (Å²) in [7, 11) is 0. The number of nitrogens with one attached hydrogen (secondary N) is 1. The van der Waals surface area contributed by atoms with Gasteiger partial charge in [-0.15, -0.1) is 5.10 Å². The first-order chi connectivity index (χ1) is 11.2. The van der Waals surface area contributed by atoms with Crippen LogP contribution in [0.3, 0.4) is 0 Å². The van der Waals surface area contributed by atoms with Gasteiger partial charge >= 0.3 is 0 Å². The normalized spacial score (nSPS) is 18.5. The van der Waals surface area contributed by atoms with Gasteiger partial charge in [0.15, 0.2) is 0 Å². The molecule has 2 fully saturated rings. The van der Waals surface area contributed by atoms with Crippen molar-refractivity contribution in [2.75, 3.05) is 0 Å². The Bertz CT molecular complexity index is 712. The van der Waals surface area contributed by atoms with E-state index in [1.807, 2.05) is 0 Å². The molecule has 2 aliphatic carbocycles. The van der Waals surface area contributed by atoms with Gasteiger partial charge in [0.2, 0.25) is 0 Å². The molecule has 2 heterocycles. The molecule has 0 spiro atoms. The Morgan fingerprint density at radius 2 is 2.13 bits per heavy atom. The maximum atomic E-state index is 12.2. The van der Waals surface area contributed by atoms with Crippen LogP contribution in [-0.2, 0) is 6.54 Å². The number of aromatic nitrogens is 4. The molecule has 2 saturated carbocycles. The van der Waals surface area contributed by atoms with Crippen LogP contribution < -0.4 is 5.32 Å². The first-order valence-electron chi connectivity index (χ1n) is 8.38. The molecule has 2 aromatic heterocycles. The van der Waals surface area contributed by atoms with Crippen LogP contribution in [0.5, 0.6) is 0 Å². The first kappa shape index (κ1) is 14.8. The van der Waals surface area contributed by atoms with Crippen LogP contribution in [0.1, 0.15) is 77.2 Å². The van der Waals surface area contributed by atoms with Crippen LogP contribution in [0.25, 0.3) is 0 Å². The van der Waals surface area contributed by atoms with Crippen molar-refractivity contribution >= 4 is 17.4 Å². The molecule has 2 aromatic rings. The second-order valence-electron chi connectivity index (χ2n) is 6.59. The van der Waals surface area contributed by atoms with Crippen LogP contribution in [0.4, 0.5) is 0 Å². The third-order valence-corrected chi connectivity index (χ3v) is 5.60. The van der Waals surface area contributed by atoms with E-state index in [-0.39, 0.29) is 5.91 Å². The molecule has 0 aliphatic heterocycles. The van der Waals surface area contributed by atoms with E-state index in [4.69, 9.17) is 5.10 Å². The summed E-state index contributed by atoms with van der Waals surface area (Å²) in [5.41, 5.74) is 3.02. The summed E-state index contributed by atoms with van der Waals surface area (Å²) >= 11 is 1.14. The van der Waals surface area contributed by atoms with Gasteiger partial charge in [0.1, 0.15) is 4.88 Å². The third-order valence-electron chi connectivity index (χ3n) is 4.77. The Morgan fingerprint density at radius 3 is 2.78 bits per heavy atom. The van der Waals surface area contributed by atoms with Gasteiger partial charge in [-0.05, 0) is 50.2 Å². The molecule has 122 valence electrons. The van der Waals surface area contributed by atoms with Gasteiger partial charge in [-0.3, -0.25) is 9.48 Å². The minimum Gasteiger partial charge on any atom is -0.346 e. The van der Waals surface area contributed by atoms with Crippen molar-refractivity contribution < 1.29 is 4.79 Å². The minimum atomic E-state index is -0.110. The summed E-state index contributed by atoms with van der Waals surface area (Å²) in [6.07, 6.45) is 7.63. The molecule has 1 amide bonds. The lowest BCUT2D eigenvalue weighted by atomic mass is 10.2. The predicted molar refractivity (Wildman–Crippen MR) is 87.5 cm³/mol. The summed E-state index contributed by atoms with van der Waals surface area (Å²) in [4.78, 5) is 12.8. The highest BCUT2D eigenvalue weighted by atomic mass is 32.1. The number of carbonyl (C=O) groups excluding carboxylic acids is 1. The summed E-state index contributed by atoms with van der Waals surface area (Å²) in [5.74, 6) is 0.571. The van der Waals surface area contributed by atoms with E-state index < -0.39 is 0 Å². The molecule has 0 unspecified atom stereocenters. The molecule has 1 N–H and O–H groups in total. The topological polar surface area (TPSA) is 72.7 Å². The maximum Gasteiger partial charge on any atom is 0.265 e. The molecule has 0 aromatic carbocycles. The highest BCUT2D eigenvalue weighted by Crippen LogP contribution is 2.43. The number of nitrogens with zero attached hydrogens (tertiary/aromatic N) is 4. The van der Waals surface area contributed by atoms with E-state index in [2.05, 4.69) is 25.7 Å². The maximum absolute atomic E-state index is 12.2. The van der Waals surface area contributed by atoms with E-state index in [1.54, 1.807) is 6.92 Å². The molecule has 2 aliphatic rings. The highest BCUT2D eigenvalue weighted by Gasteiger charge is 2.31. The number of carbonyl (C=O) groups is 1. The minimum absolute atomic E-state index is 0.110. The Balaban J connectivity index is 1.47. The molecular formula is C16H21N5OS. The van der Waals surface area contributed by atoms with E-state index in [0.717, 1.165) is 17.2 Å². The zero-order valence-corrected chi connectivity index (χ0v) is 14.1. The molecule has 23 heavy (non-hydrogen) atoms. The van der Waals surface area contributed by atoms with Crippen molar-refractivity contribution in [1.82, 2.24) is 24.7 Å². The van der Waals surface area contributed by atoms with E-state index in [0.29, 0.717) is 29.1 Å². The van der Waals surface area contributed by atoms with E-state index in [1.165, 1.54) is 44.2 Å². The lowest BCUT2D eigenvalue weighted by Gasteiger charge is -2.13. The Hall–Kier alpha value is -1.76. The van der Waals surface area contributed by atoms with Crippen molar-refractivity contribution in [3.63, 3.8) is 0 Å². The summed E-state index contributed by atoms with van der Waals surface area (Å²) in [6, 6.07) is 2.75. The second kappa shape index (κ2) is 6.03. The fraction of sp³-hybridized carbons (Fsp3) is 0.625. The molecule has 0 radical (unpaired) electrons. The summed E-state index contributed by atoms with van der Waals surface area (Å²) in [6.45, 7) is 2.27. The smallest absolute Gasteiger partial charge is 0.265 e. The van der Waals surface area contributed by atoms with Gasteiger partial charge in [-0.25, -0.2) is 0 Å². The molecular weight excluding hydrogens is 310 g/mol. The number of rotatable bonds is 5.